The molecule has 0 aliphatic carbocycles. The number of carbonyl (C=O) groups excluding carboxylic acids is 1. The molecule has 0 saturated heterocycles. The molecule has 2 unspecified atom stereocenters. The lowest BCUT2D eigenvalue weighted by atomic mass is 10.2. The normalized spacial score (nSPS) is 14.0. The third-order valence-electron chi connectivity index (χ3n) is 3.39. The molecule has 12 heteroatoms. The molecule has 0 amide bonds. The Labute approximate surface area is 169 Å². The highest BCUT2D eigenvalue weighted by atomic mass is 35.5. The van der Waals surface area contributed by atoms with Crippen LogP contribution in [0.1, 0.15) is 11.4 Å². The highest BCUT2D eigenvalue weighted by molar-refractivity contribution is 7.51. The van der Waals surface area contributed by atoms with Gasteiger partial charge in [0.05, 0.1) is 9.95 Å². The van der Waals surface area contributed by atoms with Crippen molar-refractivity contribution in [1.29, 1.82) is 0 Å². The average Bonchev–Trinajstić information content (AvgIpc) is 2.65. The van der Waals surface area contributed by atoms with E-state index in [1.54, 1.807) is 0 Å². The van der Waals surface area contributed by atoms with E-state index in [0.717, 1.165) is 19.2 Å². The van der Waals surface area contributed by atoms with Gasteiger partial charge in [-0.15, -0.1) is 0 Å². The summed E-state index contributed by atoms with van der Waals surface area (Å²) in [6.45, 7) is -0.670. The monoisotopic (exact) mass is 448 g/mol. The number of esters is 1. The Morgan fingerprint density at radius 3 is 2.57 bits per heavy atom. The molecule has 0 N–H and O–H groups in total. The van der Waals surface area contributed by atoms with Crippen LogP contribution in [0.3, 0.4) is 0 Å². The van der Waals surface area contributed by atoms with Crippen LogP contribution in [0.2, 0.25) is 10.0 Å². The Hall–Kier alpha value is -2.16. The summed E-state index contributed by atoms with van der Waals surface area (Å²) in [6.07, 6.45) is 0. The first kappa shape index (κ1) is 22.1. The van der Waals surface area contributed by atoms with Gasteiger partial charge in [-0.2, -0.15) is 0 Å². The number of benzene rings is 2. The summed E-state index contributed by atoms with van der Waals surface area (Å²) in [5.41, 5.74) is -0.522. The van der Waals surface area contributed by atoms with Gasteiger partial charge in [0.25, 0.3) is 5.69 Å². The van der Waals surface area contributed by atoms with Crippen LogP contribution in [0, 0.1) is 10.1 Å². The molecule has 0 fully saturated rings. The van der Waals surface area contributed by atoms with Gasteiger partial charge in [0, 0.05) is 29.8 Å². The van der Waals surface area contributed by atoms with Gasteiger partial charge in [-0.25, -0.2) is 4.79 Å². The van der Waals surface area contributed by atoms with Crippen LogP contribution in [-0.4, -0.2) is 24.6 Å². The maximum absolute atomic E-state index is 12.2. The third kappa shape index (κ3) is 5.67. The van der Waals surface area contributed by atoms with E-state index in [0.29, 0.717) is 5.02 Å². The molecular formula is C16H13Cl2NO8P-. The number of hydrogen-bond acceptors (Lipinski definition) is 8. The van der Waals surface area contributed by atoms with Crippen molar-refractivity contribution in [2.24, 2.45) is 0 Å². The molecule has 0 aliphatic heterocycles. The van der Waals surface area contributed by atoms with Crippen molar-refractivity contribution in [2.75, 3.05) is 13.7 Å². The summed E-state index contributed by atoms with van der Waals surface area (Å²) in [7, 11) is -3.85. The van der Waals surface area contributed by atoms with Crippen LogP contribution >= 0.6 is 30.8 Å². The van der Waals surface area contributed by atoms with E-state index in [-0.39, 0.29) is 22.0 Å². The van der Waals surface area contributed by atoms with Crippen LogP contribution in [0.5, 0.6) is 5.75 Å². The minimum Gasteiger partial charge on any atom is -0.776 e. The summed E-state index contributed by atoms with van der Waals surface area (Å²) in [5.74, 6) is -2.82. The molecule has 2 aromatic rings. The van der Waals surface area contributed by atoms with Crippen molar-refractivity contribution in [3.8, 4) is 5.75 Å². The molecule has 9 nitrogen and oxygen atoms in total. The van der Waals surface area contributed by atoms with E-state index in [9.17, 15) is 24.4 Å². The second kappa shape index (κ2) is 9.36. The number of rotatable bonds is 8. The fourth-order valence-corrected chi connectivity index (χ4v) is 3.52. The van der Waals surface area contributed by atoms with E-state index in [4.69, 9.17) is 32.7 Å². The minimum absolute atomic E-state index is 0.131. The average molecular weight is 449 g/mol. The molecule has 0 bridgehead atoms. The first-order valence-corrected chi connectivity index (χ1v) is 9.89. The third-order valence-corrected chi connectivity index (χ3v) is 5.41. The Balaban J connectivity index is 2.18. The van der Waals surface area contributed by atoms with Crippen LogP contribution in [0.4, 0.5) is 5.69 Å². The molecule has 0 aliphatic rings. The molecule has 2 atom stereocenters. The number of nitro benzene ring substituents is 1. The highest BCUT2D eigenvalue weighted by Crippen LogP contribution is 2.53. The quantitative estimate of drug-likeness (QED) is 0.258. The molecule has 150 valence electrons. The van der Waals surface area contributed by atoms with Crippen molar-refractivity contribution >= 4 is 42.5 Å². The van der Waals surface area contributed by atoms with Gasteiger partial charge in [-0.3, -0.25) is 10.1 Å². The first-order chi connectivity index (χ1) is 13.1. The fraction of sp³-hybridized carbons (Fsp3) is 0.188. The lowest BCUT2D eigenvalue weighted by Gasteiger charge is -2.30. The van der Waals surface area contributed by atoms with Gasteiger partial charge in [0.1, 0.15) is 5.75 Å². The lowest BCUT2D eigenvalue weighted by Crippen LogP contribution is -2.22. The van der Waals surface area contributed by atoms with E-state index >= 15 is 0 Å². The van der Waals surface area contributed by atoms with Crippen molar-refractivity contribution in [2.45, 2.75) is 5.85 Å². The first-order valence-electron chi connectivity index (χ1n) is 7.52. The zero-order chi connectivity index (χ0) is 20.9. The molecule has 0 spiro atoms. The zero-order valence-corrected chi connectivity index (χ0v) is 16.6. The molecule has 0 saturated carbocycles. The smallest absolute Gasteiger partial charge is 0.345 e. The van der Waals surface area contributed by atoms with E-state index in [2.05, 4.69) is 4.52 Å². The second-order valence-corrected chi connectivity index (χ2v) is 8.04. The number of nitro groups is 1. The van der Waals surface area contributed by atoms with Gasteiger partial charge in [-0.05, 0) is 18.2 Å². The van der Waals surface area contributed by atoms with Crippen molar-refractivity contribution < 1.29 is 33.2 Å². The number of halogens is 2. The molecule has 0 radical (unpaired) electrons. The number of ether oxygens (including phenoxy) is 2. The SMILES string of the molecule is COP(=O)([O-])C(OC(=O)COc1ccc(Cl)cc1Cl)c1cccc([N+](=O)[O-])c1. The van der Waals surface area contributed by atoms with Crippen LogP contribution in [0.25, 0.3) is 0 Å². The van der Waals surface area contributed by atoms with Gasteiger partial charge in [-0.1, -0.05) is 35.3 Å². The summed E-state index contributed by atoms with van der Waals surface area (Å²) >= 11 is 11.7. The Bertz CT molecular complexity index is 939. The predicted octanol–water partition coefficient (Wildman–Crippen LogP) is 3.72. The number of non-ortho nitro benzene ring substituents is 1. The summed E-state index contributed by atoms with van der Waals surface area (Å²) in [6, 6.07) is 8.95. The summed E-state index contributed by atoms with van der Waals surface area (Å²) in [5, 5.41) is 11.4. The Morgan fingerprint density at radius 1 is 1.25 bits per heavy atom. The van der Waals surface area contributed by atoms with Gasteiger partial charge >= 0.3 is 5.97 Å². The number of nitrogens with zero attached hydrogens (tertiary/aromatic N) is 1. The predicted molar refractivity (Wildman–Crippen MR) is 98.5 cm³/mol. The number of hydrogen-bond donors (Lipinski definition) is 0. The van der Waals surface area contributed by atoms with Crippen LogP contribution in [0.15, 0.2) is 42.5 Å². The van der Waals surface area contributed by atoms with Gasteiger partial charge in [0.2, 0.25) is 0 Å². The molecule has 2 aromatic carbocycles. The molecular weight excluding hydrogens is 436 g/mol. The second-order valence-electron chi connectivity index (χ2n) is 5.28. The van der Waals surface area contributed by atoms with Crippen molar-refractivity contribution in [3.05, 3.63) is 68.2 Å². The van der Waals surface area contributed by atoms with Crippen LogP contribution < -0.4 is 9.63 Å². The van der Waals surface area contributed by atoms with Crippen molar-refractivity contribution in [3.63, 3.8) is 0 Å². The maximum Gasteiger partial charge on any atom is 0.345 e. The van der Waals surface area contributed by atoms with E-state index < -0.39 is 30.9 Å². The maximum atomic E-state index is 12.2. The fourth-order valence-electron chi connectivity index (χ4n) is 2.09. The van der Waals surface area contributed by atoms with Crippen molar-refractivity contribution in [1.82, 2.24) is 0 Å². The molecule has 2 rings (SSSR count). The van der Waals surface area contributed by atoms with Gasteiger partial charge in [0.15, 0.2) is 20.0 Å². The molecule has 0 heterocycles. The standard InChI is InChI=1S/C16H14Cl2NO8P/c1-25-28(23,24)16(10-3-2-4-12(7-10)19(21)22)27-15(20)9-26-14-6-5-11(17)8-13(14)18/h2-8,16H,9H2,1H3,(H,23,24)/p-1. The zero-order valence-electron chi connectivity index (χ0n) is 14.2. The van der Waals surface area contributed by atoms with Crippen LogP contribution in [-0.2, 0) is 18.6 Å². The minimum atomic E-state index is -4.74. The number of carbonyl (C=O) groups is 1. The topological polar surface area (TPSA) is 128 Å². The largest absolute Gasteiger partial charge is 0.776 e. The van der Waals surface area contributed by atoms with E-state index in [1.807, 2.05) is 0 Å². The lowest BCUT2D eigenvalue weighted by molar-refractivity contribution is -0.385. The Morgan fingerprint density at radius 2 is 1.96 bits per heavy atom. The van der Waals surface area contributed by atoms with Gasteiger partial charge < -0.3 is 23.5 Å². The summed E-state index contributed by atoms with van der Waals surface area (Å²) in [4.78, 5) is 34.5. The Kier molecular flexibility index (Phi) is 7.40. The summed E-state index contributed by atoms with van der Waals surface area (Å²) < 4.78 is 26.7. The molecule has 0 aromatic heterocycles. The van der Waals surface area contributed by atoms with E-state index in [1.165, 1.54) is 30.3 Å². The molecule has 28 heavy (non-hydrogen) atoms. The highest BCUT2D eigenvalue weighted by Gasteiger charge is 2.30.